The van der Waals surface area contributed by atoms with E-state index in [9.17, 15) is 4.79 Å². The molecule has 0 spiro atoms. The van der Waals surface area contributed by atoms with Crippen LogP contribution >= 0.6 is 0 Å². The first-order chi connectivity index (χ1) is 10.8. The molecule has 1 amide bonds. The molecule has 0 aliphatic heterocycles. The van der Waals surface area contributed by atoms with Gasteiger partial charge < -0.3 is 10.1 Å². The Labute approximate surface area is 138 Å². The molecule has 0 aliphatic rings. The minimum absolute atomic E-state index is 0.0429. The molecule has 3 heteroatoms. The Kier molecular flexibility index (Phi) is 5.09. The van der Waals surface area contributed by atoms with E-state index in [1.54, 1.807) is 31.4 Å². The molecule has 0 saturated heterocycles. The van der Waals surface area contributed by atoms with Crippen LogP contribution in [0, 0.1) is 0 Å². The minimum atomic E-state index is -0.0833. The fourth-order valence-corrected chi connectivity index (χ4v) is 2.38. The molecule has 23 heavy (non-hydrogen) atoms. The van der Waals surface area contributed by atoms with Gasteiger partial charge in [-0.2, -0.15) is 0 Å². The molecule has 0 heterocycles. The van der Waals surface area contributed by atoms with Crippen molar-refractivity contribution in [2.45, 2.75) is 39.2 Å². The van der Waals surface area contributed by atoms with Crippen molar-refractivity contribution in [3.05, 3.63) is 65.2 Å². The Morgan fingerprint density at radius 2 is 1.57 bits per heavy atom. The SMILES string of the molecule is COc1ccc(C(=O)N[C@@H](C)c2ccc(C(C)(C)C)cc2)cc1. The van der Waals surface area contributed by atoms with Gasteiger partial charge in [-0.25, -0.2) is 0 Å². The van der Waals surface area contributed by atoms with Crippen LogP contribution in [0.4, 0.5) is 0 Å². The summed E-state index contributed by atoms with van der Waals surface area (Å²) in [7, 11) is 1.61. The molecule has 2 aromatic rings. The second kappa shape index (κ2) is 6.86. The molecule has 3 nitrogen and oxygen atoms in total. The lowest BCUT2D eigenvalue weighted by atomic mass is 9.86. The number of ether oxygens (including phenoxy) is 1. The molecule has 0 radical (unpaired) electrons. The van der Waals surface area contributed by atoms with Crippen molar-refractivity contribution in [3.8, 4) is 5.75 Å². The first kappa shape index (κ1) is 17.1. The van der Waals surface area contributed by atoms with E-state index < -0.39 is 0 Å². The second-order valence-electron chi connectivity index (χ2n) is 6.80. The van der Waals surface area contributed by atoms with Crippen molar-refractivity contribution in [2.75, 3.05) is 7.11 Å². The van der Waals surface area contributed by atoms with E-state index in [4.69, 9.17) is 4.74 Å². The Morgan fingerprint density at radius 3 is 2.04 bits per heavy atom. The highest BCUT2D eigenvalue weighted by molar-refractivity contribution is 5.94. The van der Waals surface area contributed by atoms with E-state index in [1.807, 2.05) is 6.92 Å². The van der Waals surface area contributed by atoms with Crippen LogP contribution in [0.2, 0.25) is 0 Å². The molecular weight excluding hydrogens is 286 g/mol. The standard InChI is InChI=1S/C20H25NO2/c1-14(15-6-10-17(11-7-15)20(2,3)4)21-19(22)16-8-12-18(23-5)13-9-16/h6-14H,1-5H3,(H,21,22)/t14-/m0/s1. The number of benzene rings is 2. The maximum absolute atomic E-state index is 12.3. The molecule has 0 saturated carbocycles. The minimum Gasteiger partial charge on any atom is -0.497 e. The van der Waals surface area contributed by atoms with Crippen LogP contribution in [0.3, 0.4) is 0 Å². The van der Waals surface area contributed by atoms with Crippen molar-refractivity contribution in [3.63, 3.8) is 0 Å². The molecule has 1 atom stereocenters. The van der Waals surface area contributed by atoms with Crippen molar-refractivity contribution in [1.82, 2.24) is 5.32 Å². The van der Waals surface area contributed by atoms with E-state index in [1.165, 1.54) is 5.56 Å². The number of nitrogens with one attached hydrogen (secondary N) is 1. The van der Waals surface area contributed by atoms with E-state index in [0.29, 0.717) is 5.56 Å². The number of rotatable bonds is 4. The monoisotopic (exact) mass is 311 g/mol. The summed E-state index contributed by atoms with van der Waals surface area (Å²) in [6.07, 6.45) is 0. The van der Waals surface area contributed by atoms with Gasteiger partial charge in [0, 0.05) is 5.56 Å². The third-order valence-electron chi connectivity index (χ3n) is 3.98. The highest BCUT2D eigenvalue weighted by atomic mass is 16.5. The molecule has 0 unspecified atom stereocenters. The third kappa shape index (κ3) is 4.35. The van der Waals surface area contributed by atoms with Gasteiger partial charge in [0.25, 0.3) is 5.91 Å². The van der Waals surface area contributed by atoms with Crippen LogP contribution in [0.5, 0.6) is 5.75 Å². The first-order valence-electron chi connectivity index (χ1n) is 7.86. The van der Waals surface area contributed by atoms with E-state index >= 15 is 0 Å². The predicted molar refractivity (Wildman–Crippen MR) is 94.0 cm³/mol. The molecule has 0 aromatic heterocycles. The normalized spacial score (nSPS) is 12.6. The predicted octanol–water partition coefficient (Wildman–Crippen LogP) is 4.48. The number of hydrogen-bond donors (Lipinski definition) is 1. The van der Waals surface area contributed by atoms with E-state index in [2.05, 4.69) is 50.4 Å². The Balaban J connectivity index is 2.05. The number of amides is 1. The van der Waals surface area contributed by atoms with Gasteiger partial charge in [-0.15, -0.1) is 0 Å². The van der Waals surface area contributed by atoms with Gasteiger partial charge in [0.15, 0.2) is 0 Å². The number of carbonyl (C=O) groups is 1. The zero-order valence-electron chi connectivity index (χ0n) is 14.5. The zero-order valence-corrected chi connectivity index (χ0v) is 14.5. The maximum atomic E-state index is 12.3. The summed E-state index contributed by atoms with van der Waals surface area (Å²) in [4.78, 5) is 12.3. The van der Waals surface area contributed by atoms with Gasteiger partial charge in [0.2, 0.25) is 0 Å². The zero-order chi connectivity index (χ0) is 17.0. The van der Waals surface area contributed by atoms with Crippen LogP contribution in [-0.4, -0.2) is 13.0 Å². The average Bonchev–Trinajstić information content (AvgIpc) is 2.54. The lowest BCUT2D eigenvalue weighted by Gasteiger charge is -2.20. The molecule has 0 bridgehead atoms. The molecule has 0 fully saturated rings. The van der Waals surface area contributed by atoms with E-state index in [-0.39, 0.29) is 17.4 Å². The summed E-state index contributed by atoms with van der Waals surface area (Å²) < 4.78 is 5.11. The molecule has 1 N–H and O–H groups in total. The number of hydrogen-bond acceptors (Lipinski definition) is 2. The van der Waals surface area contributed by atoms with Gasteiger partial charge in [-0.05, 0) is 47.7 Å². The van der Waals surface area contributed by atoms with Crippen LogP contribution in [0.15, 0.2) is 48.5 Å². The third-order valence-corrected chi connectivity index (χ3v) is 3.98. The van der Waals surface area contributed by atoms with Gasteiger partial charge in [0.05, 0.1) is 13.2 Å². The molecular formula is C20H25NO2. The van der Waals surface area contributed by atoms with Gasteiger partial charge in [-0.3, -0.25) is 4.79 Å². The first-order valence-corrected chi connectivity index (χ1v) is 7.86. The lowest BCUT2D eigenvalue weighted by molar-refractivity contribution is 0.0940. The Hall–Kier alpha value is -2.29. The second-order valence-corrected chi connectivity index (χ2v) is 6.80. The Bertz CT molecular complexity index is 652. The quantitative estimate of drug-likeness (QED) is 0.904. The highest BCUT2D eigenvalue weighted by Gasteiger charge is 2.15. The van der Waals surface area contributed by atoms with Crippen molar-refractivity contribution in [1.29, 1.82) is 0 Å². The summed E-state index contributed by atoms with van der Waals surface area (Å²) in [5, 5.41) is 3.03. The molecule has 2 aromatic carbocycles. The summed E-state index contributed by atoms with van der Waals surface area (Å²) in [6.45, 7) is 8.57. The van der Waals surface area contributed by atoms with Crippen LogP contribution in [0.1, 0.15) is 55.2 Å². The molecule has 122 valence electrons. The van der Waals surface area contributed by atoms with Crippen molar-refractivity contribution < 1.29 is 9.53 Å². The summed E-state index contributed by atoms with van der Waals surface area (Å²) in [5.41, 5.74) is 3.15. The Morgan fingerprint density at radius 1 is 1.00 bits per heavy atom. The molecule has 0 aliphatic carbocycles. The summed E-state index contributed by atoms with van der Waals surface area (Å²) in [5.74, 6) is 0.660. The van der Waals surface area contributed by atoms with Gasteiger partial charge in [0.1, 0.15) is 5.75 Å². The largest absolute Gasteiger partial charge is 0.497 e. The van der Waals surface area contributed by atoms with E-state index in [0.717, 1.165) is 11.3 Å². The van der Waals surface area contributed by atoms with Crippen LogP contribution in [-0.2, 0) is 5.41 Å². The number of methoxy groups -OCH3 is 1. The maximum Gasteiger partial charge on any atom is 0.251 e. The average molecular weight is 311 g/mol. The van der Waals surface area contributed by atoms with Crippen LogP contribution < -0.4 is 10.1 Å². The molecule has 2 rings (SSSR count). The van der Waals surface area contributed by atoms with Crippen molar-refractivity contribution >= 4 is 5.91 Å². The number of carbonyl (C=O) groups excluding carboxylic acids is 1. The van der Waals surface area contributed by atoms with Crippen molar-refractivity contribution in [2.24, 2.45) is 0 Å². The summed E-state index contributed by atoms with van der Waals surface area (Å²) >= 11 is 0. The van der Waals surface area contributed by atoms with Gasteiger partial charge >= 0.3 is 0 Å². The fourth-order valence-electron chi connectivity index (χ4n) is 2.38. The van der Waals surface area contributed by atoms with Crippen LogP contribution in [0.25, 0.3) is 0 Å². The smallest absolute Gasteiger partial charge is 0.251 e. The van der Waals surface area contributed by atoms with Gasteiger partial charge in [-0.1, -0.05) is 45.0 Å². The lowest BCUT2D eigenvalue weighted by Crippen LogP contribution is -2.26. The fraction of sp³-hybridized carbons (Fsp3) is 0.350. The topological polar surface area (TPSA) is 38.3 Å². The summed E-state index contributed by atoms with van der Waals surface area (Å²) in [6, 6.07) is 15.5. The highest BCUT2D eigenvalue weighted by Crippen LogP contribution is 2.24.